The fourth-order valence-corrected chi connectivity index (χ4v) is 3.48. The predicted molar refractivity (Wildman–Crippen MR) is 111 cm³/mol. The van der Waals surface area contributed by atoms with Gasteiger partial charge in [0.2, 0.25) is 5.95 Å². The van der Waals surface area contributed by atoms with Gasteiger partial charge in [-0.3, -0.25) is 9.59 Å². The number of fused-ring (bicyclic) bond motifs is 1. The number of carbonyl (C=O) groups is 2. The zero-order valence-electron chi connectivity index (χ0n) is 16.5. The molecule has 1 aliphatic rings. The lowest BCUT2D eigenvalue weighted by Gasteiger charge is -2.28. The number of hydrogen-bond acceptors (Lipinski definition) is 5. The molecule has 1 aliphatic heterocycles. The van der Waals surface area contributed by atoms with Crippen molar-refractivity contribution in [1.29, 1.82) is 0 Å². The van der Waals surface area contributed by atoms with Crippen LogP contribution in [0.1, 0.15) is 44.6 Å². The summed E-state index contributed by atoms with van der Waals surface area (Å²) in [5.41, 5.74) is 4.96. The third-order valence-corrected chi connectivity index (χ3v) is 5.04. The molecule has 0 spiro atoms. The lowest BCUT2D eigenvalue weighted by molar-refractivity contribution is 0.0728. The monoisotopic (exact) mass is 386 g/mol. The van der Waals surface area contributed by atoms with Gasteiger partial charge in [-0.1, -0.05) is 24.3 Å². The minimum atomic E-state index is -0.0972. The van der Waals surface area contributed by atoms with Gasteiger partial charge in [-0.15, -0.1) is 0 Å². The third-order valence-electron chi connectivity index (χ3n) is 5.04. The number of ketones is 1. The Morgan fingerprint density at radius 3 is 2.45 bits per heavy atom. The number of amides is 1. The van der Waals surface area contributed by atoms with Gasteiger partial charge in [-0.05, 0) is 61.7 Å². The van der Waals surface area contributed by atoms with E-state index in [1.165, 1.54) is 18.1 Å². The van der Waals surface area contributed by atoms with Gasteiger partial charge in [0.25, 0.3) is 5.91 Å². The quantitative estimate of drug-likeness (QED) is 0.688. The molecule has 0 radical (unpaired) electrons. The normalized spacial score (nSPS) is 13.0. The van der Waals surface area contributed by atoms with Crippen LogP contribution in [0.4, 0.5) is 11.6 Å². The number of aromatic nitrogens is 2. The van der Waals surface area contributed by atoms with Crippen molar-refractivity contribution in [2.24, 2.45) is 0 Å². The maximum absolute atomic E-state index is 13.1. The van der Waals surface area contributed by atoms with Crippen molar-refractivity contribution in [2.45, 2.75) is 26.8 Å². The van der Waals surface area contributed by atoms with Gasteiger partial charge in [0, 0.05) is 30.0 Å². The van der Waals surface area contributed by atoms with Gasteiger partial charge in [-0.25, -0.2) is 9.97 Å². The first-order valence-corrected chi connectivity index (χ1v) is 9.59. The molecule has 6 heteroatoms. The molecule has 0 aliphatic carbocycles. The number of anilines is 2. The van der Waals surface area contributed by atoms with Crippen LogP contribution in [0, 0.1) is 6.92 Å². The van der Waals surface area contributed by atoms with E-state index in [4.69, 9.17) is 0 Å². The van der Waals surface area contributed by atoms with Crippen LogP contribution < -0.4 is 5.32 Å². The standard InChI is InChI=1S/C23H22N4O2/c1-15-13-21(22(29)27-12-11-18-5-3-4-6-19(18)14-27)26-23(24-15)25-20-9-7-17(8-10-20)16(2)28/h3-10,13H,11-12,14H2,1-2H3,(H,24,25,26). The molecule has 6 nitrogen and oxygen atoms in total. The summed E-state index contributed by atoms with van der Waals surface area (Å²) < 4.78 is 0. The fourth-order valence-electron chi connectivity index (χ4n) is 3.48. The number of nitrogens with one attached hydrogen (secondary N) is 1. The predicted octanol–water partition coefficient (Wildman–Crippen LogP) is 3.93. The number of nitrogens with zero attached hydrogens (tertiary/aromatic N) is 3. The first-order chi connectivity index (χ1) is 14.0. The second-order valence-electron chi connectivity index (χ2n) is 7.22. The molecule has 4 rings (SSSR count). The molecule has 146 valence electrons. The summed E-state index contributed by atoms with van der Waals surface area (Å²) in [5.74, 6) is 0.278. The molecular formula is C23H22N4O2. The van der Waals surface area contributed by atoms with E-state index in [9.17, 15) is 9.59 Å². The van der Waals surface area contributed by atoms with Crippen LogP contribution >= 0.6 is 0 Å². The Labute approximate surface area is 169 Å². The molecule has 0 atom stereocenters. The SMILES string of the molecule is CC(=O)c1ccc(Nc2nc(C)cc(C(=O)N3CCc4ccccc4C3)n2)cc1. The molecule has 0 saturated heterocycles. The Balaban J connectivity index is 1.53. The highest BCUT2D eigenvalue weighted by Gasteiger charge is 2.23. The lowest BCUT2D eigenvalue weighted by Crippen LogP contribution is -2.36. The molecule has 1 aromatic heterocycles. The van der Waals surface area contributed by atoms with Crippen LogP contribution in [0.2, 0.25) is 0 Å². The molecule has 0 fully saturated rings. The van der Waals surface area contributed by atoms with Crippen LogP contribution in [-0.2, 0) is 13.0 Å². The Morgan fingerprint density at radius 1 is 1.00 bits per heavy atom. The molecule has 3 aromatic rings. The second kappa shape index (κ2) is 7.83. The van der Waals surface area contributed by atoms with Crippen molar-refractivity contribution in [2.75, 3.05) is 11.9 Å². The Hall–Kier alpha value is -3.54. The Kier molecular flexibility index (Phi) is 5.08. The summed E-state index contributed by atoms with van der Waals surface area (Å²) >= 11 is 0. The number of hydrogen-bond donors (Lipinski definition) is 1. The van der Waals surface area contributed by atoms with E-state index in [0.29, 0.717) is 36.0 Å². The largest absolute Gasteiger partial charge is 0.333 e. The number of rotatable bonds is 4. The second-order valence-corrected chi connectivity index (χ2v) is 7.22. The molecule has 0 bridgehead atoms. The fraction of sp³-hybridized carbons (Fsp3) is 0.217. The summed E-state index contributed by atoms with van der Waals surface area (Å²) in [6.07, 6.45) is 0.847. The van der Waals surface area contributed by atoms with Crippen LogP contribution in [0.25, 0.3) is 0 Å². The van der Waals surface area contributed by atoms with E-state index in [-0.39, 0.29) is 11.7 Å². The third kappa shape index (κ3) is 4.16. The van der Waals surface area contributed by atoms with Crippen molar-refractivity contribution in [1.82, 2.24) is 14.9 Å². The maximum Gasteiger partial charge on any atom is 0.272 e. The minimum absolute atomic E-state index is 0.0133. The first kappa shape index (κ1) is 18.8. The number of carbonyl (C=O) groups excluding carboxylic acids is 2. The van der Waals surface area contributed by atoms with Crippen molar-refractivity contribution in [3.05, 3.63) is 82.7 Å². The smallest absolute Gasteiger partial charge is 0.272 e. The van der Waals surface area contributed by atoms with E-state index >= 15 is 0 Å². The van der Waals surface area contributed by atoms with Crippen LogP contribution in [-0.4, -0.2) is 33.1 Å². The summed E-state index contributed by atoms with van der Waals surface area (Å²) in [5, 5.41) is 3.12. The van der Waals surface area contributed by atoms with Crippen LogP contribution in [0.15, 0.2) is 54.6 Å². The average molecular weight is 386 g/mol. The highest BCUT2D eigenvalue weighted by Crippen LogP contribution is 2.21. The van der Waals surface area contributed by atoms with Gasteiger partial charge in [-0.2, -0.15) is 0 Å². The zero-order valence-corrected chi connectivity index (χ0v) is 16.5. The van der Waals surface area contributed by atoms with Crippen LogP contribution in [0.5, 0.6) is 0 Å². The lowest BCUT2D eigenvalue weighted by atomic mass is 10.00. The first-order valence-electron chi connectivity index (χ1n) is 9.59. The van der Waals surface area contributed by atoms with E-state index in [0.717, 1.165) is 12.1 Å². The van der Waals surface area contributed by atoms with E-state index in [1.54, 1.807) is 30.3 Å². The number of benzene rings is 2. The van der Waals surface area contributed by atoms with E-state index < -0.39 is 0 Å². The van der Waals surface area contributed by atoms with Gasteiger partial charge < -0.3 is 10.2 Å². The van der Waals surface area contributed by atoms with Crippen molar-refractivity contribution >= 4 is 23.3 Å². The summed E-state index contributed by atoms with van der Waals surface area (Å²) in [4.78, 5) is 35.1. The Morgan fingerprint density at radius 2 is 1.72 bits per heavy atom. The molecule has 1 N–H and O–H groups in total. The van der Waals surface area contributed by atoms with Crippen molar-refractivity contribution in [3.8, 4) is 0 Å². The molecule has 0 unspecified atom stereocenters. The summed E-state index contributed by atoms with van der Waals surface area (Å²) in [6.45, 7) is 4.64. The van der Waals surface area contributed by atoms with Gasteiger partial charge in [0.1, 0.15) is 5.69 Å². The number of Topliss-reactive ketones (excluding diaryl/α,β-unsaturated/α-hetero) is 1. The van der Waals surface area contributed by atoms with Crippen LogP contribution in [0.3, 0.4) is 0 Å². The molecule has 29 heavy (non-hydrogen) atoms. The minimum Gasteiger partial charge on any atom is -0.333 e. The molecule has 2 heterocycles. The molecular weight excluding hydrogens is 364 g/mol. The highest BCUT2D eigenvalue weighted by molar-refractivity contribution is 5.94. The number of aryl methyl sites for hydroxylation is 1. The Bertz CT molecular complexity index is 1080. The molecule has 2 aromatic carbocycles. The van der Waals surface area contributed by atoms with E-state index in [1.807, 2.05) is 24.0 Å². The van der Waals surface area contributed by atoms with Gasteiger partial charge in [0.05, 0.1) is 0 Å². The highest BCUT2D eigenvalue weighted by atomic mass is 16.2. The van der Waals surface area contributed by atoms with Gasteiger partial charge >= 0.3 is 0 Å². The van der Waals surface area contributed by atoms with Gasteiger partial charge in [0.15, 0.2) is 5.78 Å². The summed E-state index contributed by atoms with van der Waals surface area (Å²) in [6, 6.07) is 17.0. The molecule has 1 amide bonds. The van der Waals surface area contributed by atoms with Crippen molar-refractivity contribution < 1.29 is 9.59 Å². The topological polar surface area (TPSA) is 75.2 Å². The molecule has 0 saturated carbocycles. The van der Waals surface area contributed by atoms with E-state index in [2.05, 4.69) is 27.4 Å². The average Bonchev–Trinajstić information content (AvgIpc) is 2.73. The zero-order chi connectivity index (χ0) is 20.4. The van der Waals surface area contributed by atoms with Crippen molar-refractivity contribution in [3.63, 3.8) is 0 Å². The summed E-state index contributed by atoms with van der Waals surface area (Å²) in [7, 11) is 0. The maximum atomic E-state index is 13.1.